The van der Waals surface area contributed by atoms with Gasteiger partial charge in [-0.2, -0.15) is 0 Å². The zero-order valence-electron chi connectivity index (χ0n) is 14.8. The molecule has 0 spiro atoms. The molecule has 1 aliphatic rings. The molecular weight excluding hydrogens is 300 g/mol. The van der Waals surface area contributed by atoms with Gasteiger partial charge in [-0.25, -0.2) is 4.79 Å². The quantitative estimate of drug-likeness (QED) is 0.352. The molecule has 0 aliphatic heterocycles. The molecule has 132 valence electrons. The average Bonchev–Trinajstić information content (AvgIpc) is 2.63. The Morgan fingerprint density at radius 1 is 1.17 bits per heavy atom. The fourth-order valence-electron chi connectivity index (χ4n) is 3.51. The van der Waals surface area contributed by atoms with Crippen LogP contribution in [0.1, 0.15) is 63.4 Å². The van der Waals surface area contributed by atoms with E-state index in [9.17, 15) is 4.79 Å². The van der Waals surface area contributed by atoms with E-state index < -0.39 is 0 Å². The molecule has 0 saturated heterocycles. The summed E-state index contributed by atoms with van der Waals surface area (Å²) >= 11 is 0. The van der Waals surface area contributed by atoms with Gasteiger partial charge in [0.15, 0.2) is 0 Å². The number of carbonyl (C=O) groups is 1. The summed E-state index contributed by atoms with van der Waals surface area (Å²) in [6.45, 7) is 6.56. The average molecular weight is 330 g/mol. The van der Waals surface area contributed by atoms with Crippen molar-refractivity contribution in [2.75, 3.05) is 13.2 Å². The minimum Gasteiger partial charge on any atom is -0.493 e. The number of hydrogen-bond donors (Lipinski definition) is 0. The number of rotatable bonds is 9. The van der Waals surface area contributed by atoms with Gasteiger partial charge < -0.3 is 9.47 Å². The van der Waals surface area contributed by atoms with Gasteiger partial charge in [0.1, 0.15) is 5.75 Å². The number of esters is 1. The lowest BCUT2D eigenvalue weighted by molar-refractivity contribution is -0.137. The smallest absolute Gasteiger partial charge is 0.330 e. The van der Waals surface area contributed by atoms with E-state index in [-0.39, 0.29) is 5.97 Å². The second kappa shape index (κ2) is 10.2. The Morgan fingerprint density at radius 2 is 1.88 bits per heavy atom. The normalized spacial score (nSPS) is 20.4. The molecule has 0 radical (unpaired) electrons. The SMILES string of the molecule is C=CC(=O)OCCCOc1ccc([C@H]2CC[C@H](CCC)CC2)cc1. The molecule has 2 rings (SSSR count). The number of benzene rings is 1. The second-order valence-electron chi connectivity index (χ2n) is 6.65. The van der Waals surface area contributed by atoms with E-state index in [1.165, 1.54) is 50.2 Å². The molecule has 0 unspecified atom stereocenters. The maximum Gasteiger partial charge on any atom is 0.330 e. The Balaban J connectivity index is 1.69. The molecule has 1 aliphatic carbocycles. The summed E-state index contributed by atoms with van der Waals surface area (Å²) in [5, 5.41) is 0. The van der Waals surface area contributed by atoms with Crippen molar-refractivity contribution >= 4 is 5.97 Å². The van der Waals surface area contributed by atoms with Gasteiger partial charge in [0.05, 0.1) is 13.2 Å². The van der Waals surface area contributed by atoms with Crippen LogP contribution in [0.4, 0.5) is 0 Å². The fourth-order valence-corrected chi connectivity index (χ4v) is 3.51. The molecule has 0 N–H and O–H groups in total. The highest BCUT2D eigenvalue weighted by atomic mass is 16.5. The first kappa shape index (κ1) is 18.6. The Hall–Kier alpha value is -1.77. The van der Waals surface area contributed by atoms with Gasteiger partial charge >= 0.3 is 5.97 Å². The highest BCUT2D eigenvalue weighted by molar-refractivity contribution is 5.81. The Kier molecular flexibility index (Phi) is 7.87. The van der Waals surface area contributed by atoms with Gasteiger partial charge in [-0.1, -0.05) is 38.5 Å². The van der Waals surface area contributed by atoms with E-state index in [1.807, 2.05) is 0 Å². The van der Waals surface area contributed by atoms with Crippen molar-refractivity contribution in [3.05, 3.63) is 42.5 Å². The predicted molar refractivity (Wildman–Crippen MR) is 97.3 cm³/mol. The first-order valence-corrected chi connectivity index (χ1v) is 9.25. The Bertz CT molecular complexity index is 498. The summed E-state index contributed by atoms with van der Waals surface area (Å²) < 4.78 is 10.6. The third-order valence-corrected chi connectivity index (χ3v) is 4.86. The van der Waals surface area contributed by atoms with E-state index >= 15 is 0 Å². The molecule has 1 saturated carbocycles. The molecule has 0 heterocycles. The topological polar surface area (TPSA) is 35.5 Å². The predicted octanol–water partition coefficient (Wildman–Crippen LogP) is 5.26. The van der Waals surface area contributed by atoms with Gasteiger partial charge in [-0.3, -0.25) is 0 Å². The lowest BCUT2D eigenvalue weighted by Gasteiger charge is -2.28. The van der Waals surface area contributed by atoms with Crippen LogP contribution in [0.5, 0.6) is 5.75 Å². The minimum absolute atomic E-state index is 0.365. The van der Waals surface area contributed by atoms with E-state index in [2.05, 4.69) is 37.8 Å². The van der Waals surface area contributed by atoms with E-state index in [4.69, 9.17) is 9.47 Å². The third-order valence-electron chi connectivity index (χ3n) is 4.86. The van der Waals surface area contributed by atoms with Crippen LogP contribution < -0.4 is 4.74 Å². The Labute approximate surface area is 146 Å². The molecule has 3 nitrogen and oxygen atoms in total. The first-order valence-electron chi connectivity index (χ1n) is 9.25. The van der Waals surface area contributed by atoms with Crippen molar-refractivity contribution in [3.8, 4) is 5.75 Å². The molecule has 0 bridgehead atoms. The highest BCUT2D eigenvalue weighted by Gasteiger charge is 2.21. The number of ether oxygens (including phenoxy) is 2. The lowest BCUT2D eigenvalue weighted by Crippen LogP contribution is -2.13. The maximum absolute atomic E-state index is 10.9. The standard InChI is InChI=1S/C21H30O3/c1-3-6-17-7-9-18(10-8-17)19-11-13-20(14-12-19)23-15-5-16-24-21(22)4-2/h4,11-14,17-18H,2-3,5-10,15-16H2,1H3/t17-,18-. The summed E-state index contributed by atoms with van der Waals surface area (Å²) in [7, 11) is 0. The van der Waals surface area contributed by atoms with E-state index in [0.717, 1.165) is 11.7 Å². The van der Waals surface area contributed by atoms with Crippen molar-refractivity contribution in [2.24, 2.45) is 5.92 Å². The van der Waals surface area contributed by atoms with Crippen LogP contribution >= 0.6 is 0 Å². The van der Waals surface area contributed by atoms with Crippen LogP contribution in [0.3, 0.4) is 0 Å². The summed E-state index contributed by atoms with van der Waals surface area (Å²) in [5.74, 6) is 2.16. The van der Waals surface area contributed by atoms with Crippen LogP contribution in [-0.2, 0) is 9.53 Å². The molecule has 0 amide bonds. The van der Waals surface area contributed by atoms with Crippen LogP contribution in [0.15, 0.2) is 36.9 Å². The summed E-state index contributed by atoms with van der Waals surface area (Å²) in [6, 6.07) is 8.53. The molecule has 1 aromatic carbocycles. The van der Waals surface area contributed by atoms with Crippen molar-refractivity contribution < 1.29 is 14.3 Å². The molecule has 3 heteroatoms. The van der Waals surface area contributed by atoms with Crippen LogP contribution in [0.25, 0.3) is 0 Å². The van der Waals surface area contributed by atoms with Crippen molar-refractivity contribution in [1.82, 2.24) is 0 Å². The maximum atomic E-state index is 10.9. The van der Waals surface area contributed by atoms with E-state index in [0.29, 0.717) is 25.6 Å². The van der Waals surface area contributed by atoms with E-state index in [1.54, 1.807) is 0 Å². The molecular formula is C21H30O3. The summed E-state index contributed by atoms with van der Waals surface area (Å²) in [5.41, 5.74) is 1.44. The largest absolute Gasteiger partial charge is 0.493 e. The summed E-state index contributed by atoms with van der Waals surface area (Å²) in [4.78, 5) is 10.9. The molecule has 0 aromatic heterocycles. The van der Waals surface area contributed by atoms with Crippen LogP contribution in [0, 0.1) is 5.92 Å². The van der Waals surface area contributed by atoms with Crippen LogP contribution in [-0.4, -0.2) is 19.2 Å². The first-order chi connectivity index (χ1) is 11.7. The zero-order chi connectivity index (χ0) is 17.2. The van der Waals surface area contributed by atoms with Crippen molar-refractivity contribution in [1.29, 1.82) is 0 Å². The molecule has 24 heavy (non-hydrogen) atoms. The fraction of sp³-hybridized carbons (Fsp3) is 0.571. The molecule has 0 atom stereocenters. The van der Waals surface area contributed by atoms with Gasteiger partial charge in [-0.15, -0.1) is 0 Å². The summed E-state index contributed by atoms with van der Waals surface area (Å²) in [6.07, 6.45) is 9.95. The lowest BCUT2D eigenvalue weighted by atomic mass is 9.77. The molecule has 1 fully saturated rings. The number of carbonyl (C=O) groups excluding carboxylic acids is 1. The van der Waals surface area contributed by atoms with Gasteiger partial charge in [0.25, 0.3) is 0 Å². The minimum atomic E-state index is -0.381. The van der Waals surface area contributed by atoms with Gasteiger partial charge in [-0.05, 0) is 55.2 Å². The monoisotopic (exact) mass is 330 g/mol. The van der Waals surface area contributed by atoms with Crippen LogP contribution in [0.2, 0.25) is 0 Å². The van der Waals surface area contributed by atoms with Gasteiger partial charge in [0.2, 0.25) is 0 Å². The third kappa shape index (κ3) is 6.03. The number of hydrogen-bond acceptors (Lipinski definition) is 3. The Morgan fingerprint density at radius 3 is 2.50 bits per heavy atom. The molecule has 1 aromatic rings. The van der Waals surface area contributed by atoms with Gasteiger partial charge in [0, 0.05) is 12.5 Å². The second-order valence-corrected chi connectivity index (χ2v) is 6.65. The zero-order valence-corrected chi connectivity index (χ0v) is 14.8. The van der Waals surface area contributed by atoms with Crippen molar-refractivity contribution in [3.63, 3.8) is 0 Å². The van der Waals surface area contributed by atoms with Crippen molar-refractivity contribution in [2.45, 2.75) is 57.8 Å². The highest BCUT2D eigenvalue weighted by Crippen LogP contribution is 2.37.